The number of H-pyrrole nitrogens is 1. The van der Waals surface area contributed by atoms with Crippen molar-refractivity contribution in [3.05, 3.63) is 78.2 Å². The molecule has 34 heavy (non-hydrogen) atoms. The summed E-state index contributed by atoms with van der Waals surface area (Å²) < 4.78 is 28.4. The summed E-state index contributed by atoms with van der Waals surface area (Å²) >= 11 is 1.59. The zero-order valence-corrected chi connectivity index (χ0v) is 19.6. The molecule has 0 saturated heterocycles. The molecule has 0 spiro atoms. The van der Waals surface area contributed by atoms with Gasteiger partial charge in [0.1, 0.15) is 17.8 Å². The lowest BCUT2D eigenvalue weighted by molar-refractivity contribution is 0.441. The van der Waals surface area contributed by atoms with Crippen molar-refractivity contribution >= 4 is 59.7 Å². The lowest BCUT2D eigenvalue weighted by Crippen LogP contribution is -2.34. The zero-order valence-electron chi connectivity index (χ0n) is 18.0. The Bertz CT molecular complexity index is 1640. The maximum atomic E-state index is 12.9. The van der Waals surface area contributed by atoms with Crippen molar-refractivity contribution in [1.29, 1.82) is 0 Å². The Morgan fingerprint density at radius 1 is 1.03 bits per heavy atom. The summed E-state index contributed by atoms with van der Waals surface area (Å²) in [7, 11) is -3.50. The van der Waals surface area contributed by atoms with Crippen LogP contribution in [0.1, 0.15) is 12.1 Å². The first-order valence-corrected chi connectivity index (χ1v) is 13.1. The number of thiazole rings is 1. The van der Waals surface area contributed by atoms with Gasteiger partial charge in [0.25, 0.3) is 0 Å². The summed E-state index contributed by atoms with van der Waals surface area (Å²) in [6.45, 7) is 0.748. The van der Waals surface area contributed by atoms with E-state index in [0.29, 0.717) is 30.2 Å². The number of fused-ring (bicyclic) bond motifs is 2. The molecule has 2 aromatic carbocycles. The van der Waals surface area contributed by atoms with Gasteiger partial charge in [0.05, 0.1) is 26.0 Å². The standard InChI is InChI=1S/C24H20N6O2S2/c31-34(32,18-4-2-1-3-5-18)30-10-8-16(9-11-30)21-13-19-23(25-14-26-24(19)29-21)28-17-6-7-20-22(12-17)33-15-27-20/h1-8,12-15H,9-11H2,(H2,25,26,28,29). The predicted molar refractivity (Wildman–Crippen MR) is 135 cm³/mol. The molecule has 0 unspecified atom stereocenters. The second-order valence-electron chi connectivity index (χ2n) is 7.98. The number of nitrogens with one attached hydrogen (secondary N) is 2. The number of hydrogen-bond donors (Lipinski definition) is 2. The molecule has 6 rings (SSSR count). The van der Waals surface area contributed by atoms with E-state index in [9.17, 15) is 8.42 Å². The van der Waals surface area contributed by atoms with Crippen LogP contribution in [0.15, 0.2) is 77.4 Å². The predicted octanol–water partition coefficient (Wildman–Crippen LogP) is 4.79. The molecule has 4 heterocycles. The molecule has 0 aliphatic carbocycles. The second-order valence-corrected chi connectivity index (χ2v) is 10.8. The lowest BCUT2D eigenvalue weighted by Gasteiger charge is -2.25. The molecule has 1 aliphatic rings. The summed E-state index contributed by atoms with van der Waals surface area (Å²) in [6, 6.07) is 16.6. The van der Waals surface area contributed by atoms with Gasteiger partial charge in [-0.05, 0) is 48.4 Å². The van der Waals surface area contributed by atoms with Crippen LogP contribution in [0.2, 0.25) is 0 Å². The second kappa shape index (κ2) is 8.32. The van der Waals surface area contributed by atoms with Gasteiger partial charge in [-0.3, -0.25) is 0 Å². The lowest BCUT2D eigenvalue weighted by atomic mass is 10.1. The summed E-state index contributed by atoms with van der Waals surface area (Å²) in [6.07, 6.45) is 4.10. The van der Waals surface area contributed by atoms with E-state index in [0.717, 1.165) is 38.2 Å². The van der Waals surface area contributed by atoms with Crippen LogP contribution in [-0.4, -0.2) is 45.7 Å². The Morgan fingerprint density at radius 3 is 2.74 bits per heavy atom. The largest absolute Gasteiger partial charge is 0.340 e. The third kappa shape index (κ3) is 3.75. The van der Waals surface area contributed by atoms with Crippen molar-refractivity contribution in [3.63, 3.8) is 0 Å². The minimum atomic E-state index is -3.50. The van der Waals surface area contributed by atoms with Crippen LogP contribution in [0.5, 0.6) is 0 Å². The fraction of sp³-hybridized carbons (Fsp3) is 0.125. The van der Waals surface area contributed by atoms with Crippen molar-refractivity contribution in [2.24, 2.45) is 0 Å². The molecule has 5 aromatic rings. The molecule has 0 amide bonds. The number of benzene rings is 2. The molecule has 10 heteroatoms. The molecule has 2 N–H and O–H groups in total. The molecule has 0 atom stereocenters. The highest BCUT2D eigenvalue weighted by Gasteiger charge is 2.26. The average Bonchev–Trinajstić information content (AvgIpc) is 3.52. The van der Waals surface area contributed by atoms with E-state index in [4.69, 9.17) is 0 Å². The van der Waals surface area contributed by atoms with E-state index < -0.39 is 10.0 Å². The van der Waals surface area contributed by atoms with Gasteiger partial charge in [-0.1, -0.05) is 24.3 Å². The monoisotopic (exact) mass is 488 g/mol. The van der Waals surface area contributed by atoms with E-state index >= 15 is 0 Å². The fourth-order valence-corrected chi connectivity index (χ4v) is 6.25. The smallest absolute Gasteiger partial charge is 0.243 e. The Morgan fingerprint density at radius 2 is 1.91 bits per heavy atom. The average molecular weight is 489 g/mol. The SMILES string of the molecule is O=S(=O)(c1ccccc1)N1CC=C(c2cc3c(Nc4ccc5ncsc5c4)ncnc3[nH]2)CC1. The van der Waals surface area contributed by atoms with E-state index in [1.807, 2.05) is 35.9 Å². The summed E-state index contributed by atoms with van der Waals surface area (Å²) in [4.78, 5) is 16.8. The van der Waals surface area contributed by atoms with E-state index in [2.05, 4.69) is 31.3 Å². The van der Waals surface area contributed by atoms with Crippen molar-refractivity contribution in [3.8, 4) is 0 Å². The van der Waals surface area contributed by atoms with E-state index in [-0.39, 0.29) is 0 Å². The zero-order chi connectivity index (χ0) is 23.1. The molecule has 0 fully saturated rings. The van der Waals surface area contributed by atoms with Gasteiger partial charge in [-0.25, -0.2) is 23.4 Å². The molecular weight excluding hydrogens is 468 g/mol. The van der Waals surface area contributed by atoms with Gasteiger partial charge in [0.2, 0.25) is 10.0 Å². The van der Waals surface area contributed by atoms with Gasteiger partial charge in [-0.15, -0.1) is 11.3 Å². The van der Waals surface area contributed by atoms with Gasteiger partial charge in [0.15, 0.2) is 0 Å². The first kappa shape index (κ1) is 21.0. The first-order chi connectivity index (χ1) is 16.6. The minimum absolute atomic E-state index is 0.319. The Labute approximate surface area is 200 Å². The van der Waals surface area contributed by atoms with E-state index in [1.54, 1.807) is 35.6 Å². The van der Waals surface area contributed by atoms with Crippen LogP contribution in [0.3, 0.4) is 0 Å². The summed E-state index contributed by atoms with van der Waals surface area (Å²) in [5.74, 6) is 0.709. The number of nitrogens with zero attached hydrogens (tertiary/aromatic N) is 4. The van der Waals surface area contributed by atoms with Crippen LogP contribution in [-0.2, 0) is 10.0 Å². The molecule has 0 saturated carbocycles. The first-order valence-electron chi connectivity index (χ1n) is 10.8. The van der Waals surface area contributed by atoms with Gasteiger partial charge in [-0.2, -0.15) is 4.31 Å². The van der Waals surface area contributed by atoms with Crippen LogP contribution in [0, 0.1) is 0 Å². The molecule has 0 radical (unpaired) electrons. The quantitative estimate of drug-likeness (QED) is 0.369. The number of sulfonamides is 1. The third-order valence-electron chi connectivity index (χ3n) is 5.92. The Kier molecular flexibility index (Phi) is 5.13. The highest BCUT2D eigenvalue weighted by Crippen LogP contribution is 2.31. The van der Waals surface area contributed by atoms with Crippen LogP contribution >= 0.6 is 11.3 Å². The van der Waals surface area contributed by atoms with Crippen LogP contribution < -0.4 is 5.32 Å². The van der Waals surface area contributed by atoms with Crippen LogP contribution in [0.4, 0.5) is 11.5 Å². The van der Waals surface area contributed by atoms with Crippen molar-refractivity contribution in [1.82, 2.24) is 24.2 Å². The number of anilines is 2. The molecule has 0 bridgehead atoms. The highest BCUT2D eigenvalue weighted by molar-refractivity contribution is 7.89. The molecule has 8 nitrogen and oxygen atoms in total. The van der Waals surface area contributed by atoms with Crippen molar-refractivity contribution in [2.75, 3.05) is 18.4 Å². The fourth-order valence-electron chi connectivity index (χ4n) is 4.14. The van der Waals surface area contributed by atoms with Crippen LogP contribution in [0.25, 0.3) is 26.8 Å². The normalized spacial score (nSPS) is 15.0. The van der Waals surface area contributed by atoms with Crippen molar-refractivity contribution < 1.29 is 8.42 Å². The van der Waals surface area contributed by atoms with E-state index in [1.165, 1.54) is 10.6 Å². The molecule has 3 aromatic heterocycles. The highest BCUT2D eigenvalue weighted by atomic mass is 32.2. The third-order valence-corrected chi connectivity index (χ3v) is 8.59. The Hall–Kier alpha value is -3.60. The summed E-state index contributed by atoms with van der Waals surface area (Å²) in [5.41, 5.74) is 6.45. The molecule has 170 valence electrons. The maximum Gasteiger partial charge on any atom is 0.243 e. The summed E-state index contributed by atoms with van der Waals surface area (Å²) in [5, 5.41) is 4.27. The molecular formula is C24H20N6O2S2. The topological polar surface area (TPSA) is 104 Å². The minimum Gasteiger partial charge on any atom is -0.340 e. The van der Waals surface area contributed by atoms with Gasteiger partial charge < -0.3 is 10.3 Å². The van der Waals surface area contributed by atoms with Crippen molar-refractivity contribution in [2.45, 2.75) is 11.3 Å². The number of aromatic nitrogens is 4. The number of aromatic amines is 1. The number of rotatable bonds is 5. The molecule has 1 aliphatic heterocycles. The van der Waals surface area contributed by atoms with Gasteiger partial charge in [0, 0.05) is 24.5 Å². The maximum absolute atomic E-state index is 12.9. The Balaban J connectivity index is 1.26. The number of hydrogen-bond acceptors (Lipinski definition) is 7. The van der Waals surface area contributed by atoms with Gasteiger partial charge >= 0.3 is 0 Å².